The molecule has 0 spiro atoms. The highest BCUT2D eigenvalue weighted by Gasteiger charge is 2.24. The summed E-state index contributed by atoms with van der Waals surface area (Å²) < 4.78 is 5.62. The fraction of sp³-hybridized carbons (Fsp3) is 0.556. The first-order valence-corrected chi connectivity index (χ1v) is 8.64. The van der Waals surface area contributed by atoms with Crippen LogP contribution in [0.5, 0.6) is 5.75 Å². The van der Waals surface area contributed by atoms with Crippen molar-refractivity contribution in [1.29, 1.82) is 0 Å². The van der Waals surface area contributed by atoms with E-state index in [9.17, 15) is 9.59 Å². The number of benzene rings is 1. The second-order valence-corrected chi connectivity index (χ2v) is 6.06. The lowest BCUT2D eigenvalue weighted by Gasteiger charge is -2.34. The van der Waals surface area contributed by atoms with Crippen LogP contribution in [0.15, 0.2) is 24.3 Å². The maximum atomic E-state index is 12.5. The number of piperidine rings is 1. The van der Waals surface area contributed by atoms with Gasteiger partial charge in [-0.05, 0) is 50.6 Å². The van der Waals surface area contributed by atoms with E-state index < -0.39 is 5.91 Å². The van der Waals surface area contributed by atoms with Gasteiger partial charge < -0.3 is 20.7 Å². The molecule has 1 aliphatic rings. The number of hydrogen-bond acceptors (Lipinski definition) is 4. The van der Waals surface area contributed by atoms with Crippen LogP contribution >= 0.6 is 12.4 Å². The molecule has 0 radical (unpaired) electrons. The Kier molecular flexibility index (Phi) is 9.31. The van der Waals surface area contributed by atoms with E-state index in [4.69, 9.17) is 10.5 Å². The van der Waals surface area contributed by atoms with E-state index in [1.54, 1.807) is 24.3 Å². The minimum Gasteiger partial charge on any atom is -0.493 e. The zero-order chi connectivity index (χ0) is 17.4. The number of primary amides is 1. The molecule has 1 aliphatic heterocycles. The van der Waals surface area contributed by atoms with Crippen molar-refractivity contribution in [2.45, 2.75) is 38.6 Å². The molecule has 2 amide bonds. The molecule has 0 saturated carbocycles. The third kappa shape index (κ3) is 6.55. The monoisotopic (exact) mass is 369 g/mol. The van der Waals surface area contributed by atoms with Crippen LogP contribution in [-0.4, -0.2) is 49.0 Å². The molecule has 0 atom stereocenters. The predicted molar refractivity (Wildman–Crippen MR) is 100 cm³/mol. The summed E-state index contributed by atoms with van der Waals surface area (Å²) in [5, 5.41) is 3.33. The van der Waals surface area contributed by atoms with Gasteiger partial charge in [0.25, 0.3) is 0 Å². The average Bonchev–Trinajstić information content (AvgIpc) is 2.60. The van der Waals surface area contributed by atoms with Crippen molar-refractivity contribution < 1.29 is 14.3 Å². The molecule has 7 heteroatoms. The molecule has 6 nitrogen and oxygen atoms in total. The first-order valence-electron chi connectivity index (χ1n) is 8.64. The topological polar surface area (TPSA) is 84.7 Å². The summed E-state index contributed by atoms with van der Waals surface area (Å²) in [7, 11) is 0. The molecule has 25 heavy (non-hydrogen) atoms. The Labute approximate surface area is 155 Å². The van der Waals surface area contributed by atoms with Gasteiger partial charge in [-0.1, -0.05) is 13.0 Å². The van der Waals surface area contributed by atoms with Crippen molar-refractivity contribution in [2.75, 3.05) is 26.2 Å². The summed E-state index contributed by atoms with van der Waals surface area (Å²) in [5.41, 5.74) is 5.66. The number of halogens is 1. The van der Waals surface area contributed by atoms with Crippen molar-refractivity contribution in [3.8, 4) is 5.75 Å². The fourth-order valence-corrected chi connectivity index (χ4v) is 3.01. The molecule has 1 aromatic carbocycles. The molecule has 140 valence electrons. The summed E-state index contributed by atoms with van der Waals surface area (Å²) >= 11 is 0. The summed E-state index contributed by atoms with van der Waals surface area (Å²) in [6.45, 7) is 5.11. The van der Waals surface area contributed by atoms with E-state index in [-0.39, 0.29) is 18.3 Å². The van der Waals surface area contributed by atoms with Gasteiger partial charge in [0.15, 0.2) is 0 Å². The van der Waals surface area contributed by atoms with Crippen LogP contribution in [0.1, 0.15) is 43.0 Å². The van der Waals surface area contributed by atoms with Gasteiger partial charge in [-0.15, -0.1) is 12.4 Å². The Morgan fingerprint density at radius 2 is 2.04 bits per heavy atom. The fourth-order valence-electron chi connectivity index (χ4n) is 3.01. The molecule has 0 unspecified atom stereocenters. The number of amides is 2. The summed E-state index contributed by atoms with van der Waals surface area (Å²) in [5.74, 6) is 0.203. The minimum atomic E-state index is -0.489. The van der Waals surface area contributed by atoms with Crippen LogP contribution in [0, 0.1) is 0 Å². The van der Waals surface area contributed by atoms with Gasteiger partial charge in [0.2, 0.25) is 11.8 Å². The van der Waals surface area contributed by atoms with Crippen LogP contribution in [0.4, 0.5) is 0 Å². The van der Waals surface area contributed by atoms with E-state index >= 15 is 0 Å². The largest absolute Gasteiger partial charge is 0.493 e. The summed E-state index contributed by atoms with van der Waals surface area (Å²) in [6.07, 6.45) is 3.31. The first kappa shape index (κ1) is 21.3. The zero-order valence-electron chi connectivity index (χ0n) is 14.7. The standard InChI is InChI=1S/C18H27N3O3.ClH/c1-2-11-21(15-6-9-20-10-7-15)17(22)8-12-24-16-5-3-4-14(13-16)18(19)23;/h3-5,13,15,20H,2,6-12H2,1H3,(H2,19,23);1H. The molecule has 0 aromatic heterocycles. The molecule has 3 N–H and O–H groups in total. The van der Waals surface area contributed by atoms with Crippen LogP contribution < -0.4 is 15.8 Å². The van der Waals surface area contributed by atoms with Gasteiger partial charge in [-0.25, -0.2) is 0 Å². The maximum absolute atomic E-state index is 12.5. The third-order valence-electron chi connectivity index (χ3n) is 4.24. The number of ether oxygens (including phenoxy) is 1. The van der Waals surface area contributed by atoms with E-state index in [1.165, 1.54) is 0 Å². The van der Waals surface area contributed by atoms with Gasteiger partial charge in [0.05, 0.1) is 13.0 Å². The Hall–Kier alpha value is -1.79. The summed E-state index contributed by atoms with van der Waals surface area (Å²) in [6, 6.07) is 7.05. The quantitative estimate of drug-likeness (QED) is 0.733. The van der Waals surface area contributed by atoms with Crippen molar-refractivity contribution in [3.63, 3.8) is 0 Å². The molecule has 0 bridgehead atoms. The number of hydrogen-bond donors (Lipinski definition) is 2. The normalized spacial score (nSPS) is 14.4. The minimum absolute atomic E-state index is 0. The van der Waals surface area contributed by atoms with Gasteiger partial charge in [0.1, 0.15) is 5.75 Å². The number of rotatable bonds is 8. The van der Waals surface area contributed by atoms with Gasteiger partial charge >= 0.3 is 0 Å². The van der Waals surface area contributed by atoms with Crippen molar-refractivity contribution in [2.24, 2.45) is 5.73 Å². The molecule has 1 fully saturated rings. The second-order valence-electron chi connectivity index (χ2n) is 6.06. The highest BCUT2D eigenvalue weighted by atomic mass is 35.5. The molecule has 0 aliphatic carbocycles. The smallest absolute Gasteiger partial charge is 0.248 e. The molecule has 1 aromatic rings. The number of nitrogens with one attached hydrogen (secondary N) is 1. The Morgan fingerprint density at radius 3 is 2.68 bits per heavy atom. The Morgan fingerprint density at radius 1 is 1.32 bits per heavy atom. The van der Waals surface area contributed by atoms with E-state index in [0.29, 0.717) is 30.4 Å². The maximum Gasteiger partial charge on any atom is 0.248 e. The number of nitrogens with two attached hydrogens (primary N) is 1. The van der Waals surface area contributed by atoms with Gasteiger partial charge in [-0.2, -0.15) is 0 Å². The lowest BCUT2D eigenvalue weighted by Crippen LogP contribution is -2.46. The van der Waals surface area contributed by atoms with Crippen molar-refractivity contribution in [1.82, 2.24) is 10.2 Å². The Balaban J connectivity index is 0.00000312. The van der Waals surface area contributed by atoms with Crippen LogP contribution in [-0.2, 0) is 4.79 Å². The number of nitrogens with zero attached hydrogens (tertiary/aromatic N) is 1. The lowest BCUT2D eigenvalue weighted by molar-refractivity contribution is -0.134. The molecule has 1 saturated heterocycles. The second kappa shape index (κ2) is 10.9. The third-order valence-corrected chi connectivity index (χ3v) is 4.24. The van der Waals surface area contributed by atoms with E-state index in [1.807, 2.05) is 4.90 Å². The number of carbonyl (C=O) groups excluding carboxylic acids is 2. The van der Waals surface area contributed by atoms with Gasteiger partial charge in [-0.3, -0.25) is 9.59 Å². The van der Waals surface area contributed by atoms with Crippen LogP contribution in [0.2, 0.25) is 0 Å². The van der Waals surface area contributed by atoms with Crippen molar-refractivity contribution in [3.05, 3.63) is 29.8 Å². The average molecular weight is 370 g/mol. The highest BCUT2D eigenvalue weighted by Crippen LogP contribution is 2.16. The van der Waals surface area contributed by atoms with Crippen LogP contribution in [0.3, 0.4) is 0 Å². The Bertz CT molecular complexity index is 562. The highest BCUT2D eigenvalue weighted by molar-refractivity contribution is 5.93. The first-order chi connectivity index (χ1) is 11.6. The van der Waals surface area contributed by atoms with Crippen LogP contribution in [0.25, 0.3) is 0 Å². The zero-order valence-corrected chi connectivity index (χ0v) is 15.5. The molecular formula is C18H28ClN3O3. The van der Waals surface area contributed by atoms with Crippen molar-refractivity contribution >= 4 is 24.2 Å². The molecule has 1 heterocycles. The molecule has 2 rings (SSSR count). The lowest BCUT2D eigenvalue weighted by atomic mass is 10.0. The SMILES string of the molecule is CCCN(C(=O)CCOc1cccc(C(N)=O)c1)C1CCNCC1.Cl. The van der Waals surface area contributed by atoms with E-state index in [0.717, 1.165) is 38.9 Å². The molecular weight excluding hydrogens is 342 g/mol. The van der Waals surface area contributed by atoms with E-state index in [2.05, 4.69) is 12.2 Å². The van der Waals surface area contributed by atoms with Gasteiger partial charge in [0, 0.05) is 18.2 Å². The predicted octanol–water partition coefficient (Wildman–Crippen LogP) is 1.97. The summed E-state index contributed by atoms with van der Waals surface area (Å²) in [4.78, 5) is 25.7. The number of carbonyl (C=O) groups is 2.